The molecule has 0 radical (unpaired) electrons. The number of nitrogens with one attached hydrogen (secondary N) is 2. The van der Waals surface area contributed by atoms with Gasteiger partial charge in [0.25, 0.3) is 5.91 Å². The minimum Gasteiger partial charge on any atom is -0.479 e. The van der Waals surface area contributed by atoms with Crippen LogP contribution in [0.4, 0.5) is 5.13 Å². The van der Waals surface area contributed by atoms with Crippen LogP contribution in [0, 0.1) is 0 Å². The van der Waals surface area contributed by atoms with Gasteiger partial charge in [-0.05, 0) is 12.0 Å². The molecule has 0 saturated heterocycles. The van der Waals surface area contributed by atoms with E-state index in [4.69, 9.17) is 5.11 Å². The summed E-state index contributed by atoms with van der Waals surface area (Å²) in [6.07, 6.45) is 3.13. The lowest BCUT2D eigenvalue weighted by Crippen LogP contribution is -2.25. The molecule has 0 atom stereocenters. The maximum atomic E-state index is 12.3. The Morgan fingerprint density at radius 2 is 2.30 bits per heavy atom. The summed E-state index contributed by atoms with van der Waals surface area (Å²) in [7, 11) is 0. The van der Waals surface area contributed by atoms with Crippen molar-refractivity contribution in [1.82, 2.24) is 15.2 Å². The number of hydrogen-bond donors (Lipinski definition) is 3. The van der Waals surface area contributed by atoms with Crippen LogP contribution in [0.15, 0.2) is 23.6 Å². The van der Waals surface area contributed by atoms with E-state index >= 15 is 0 Å². The van der Waals surface area contributed by atoms with Crippen molar-refractivity contribution in [3.8, 4) is 0 Å². The van der Waals surface area contributed by atoms with Crippen molar-refractivity contribution in [2.24, 2.45) is 5.16 Å². The van der Waals surface area contributed by atoms with Crippen LogP contribution in [-0.4, -0.2) is 44.5 Å². The van der Waals surface area contributed by atoms with E-state index in [1.807, 2.05) is 13.8 Å². The predicted octanol–water partition coefficient (Wildman–Crippen LogP) is 1.43. The van der Waals surface area contributed by atoms with Crippen molar-refractivity contribution >= 4 is 34.1 Å². The van der Waals surface area contributed by atoms with Gasteiger partial charge in [0.2, 0.25) is 6.61 Å². The first-order valence-electron chi connectivity index (χ1n) is 6.66. The van der Waals surface area contributed by atoms with E-state index in [0.717, 1.165) is 4.88 Å². The van der Waals surface area contributed by atoms with E-state index in [1.165, 1.54) is 23.6 Å². The number of amides is 1. The lowest BCUT2D eigenvalue weighted by molar-refractivity contribution is -0.142. The molecule has 0 aliphatic heterocycles. The molecular formula is C13H15N5O4S. The zero-order valence-corrected chi connectivity index (χ0v) is 13.3. The number of aliphatic carboxylic acids is 1. The number of nitrogens with zero attached hydrogens (tertiary/aromatic N) is 3. The zero-order chi connectivity index (χ0) is 16.8. The van der Waals surface area contributed by atoms with Gasteiger partial charge in [-0.1, -0.05) is 19.0 Å². The van der Waals surface area contributed by atoms with Crippen molar-refractivity contribution in [2.45, 2.75) is 19.8 Å². The maximum Gasteiger partial charge on any atom is 0.344 e. The van der Waals surface area contributed by atoms with Gasteiger partial charge >= 0.3 is 5.97 Å². The number of oxime groups is 1. The molecule has 2 heterocycles. The Morgan fingerprint density at radius 1 is 1.52 bits per heavy atom. The van der Waals surface area contributed by atoms with Gasteiger partial charge in [-0.3, -0.25) is 15.2 Å². The monoisotopic (exact) mass is 337 g/mol. The van der Waals surface area contributed by atoms with E-state index in [2.05, 4.69) is 30.5 Å². The topological polar surface area (TPSA) is 130 Å². The molecule has 0 fully saturated rings. The van der Waals surface area contributed by atoms with Crippen LogP contribution < -0.4 is 5.32 Å². The van der Waals surface area contributed by atoms with Crippen molar-refractivity contribution < 1.29 is 19.5 Å². The number of anilines is 1. The molecule has 0 aromatic carbocycles. The molecule has 3 N–H and O–H groups in total. The minimum absolute atomic E-state index is 0.120. The number of carbonyl (C=O) groups is 2. The average Bonchev–Trinajstić information content (AvgIpc) is 3.14. The Labute approximate surface area is 135 Å². The Bertz CT molecular complexity index is 708. The van der Waals surface area contributed by atoms with Crippen LogP contribution in [-0.2, 0) is 14.4 Å². The van der Waals surface area contributed by atoms with Crippen LogP contribution in [0.1, 0.15) is 30.3 Å². The van der Waals surface area contributed by atoms with Gasteiger partial charge in [0.15, 0.2) is 10.8 Å². The molecule has 23 heavy (non-hydrogen) atoms. The molecule has 0 saturated carbocycles. The summed E-state index contributed by atoms with van der Waals surface area (Å²) in [5.41, 5.74) is 0.179. The molecule has 0 bridgehead atoms. The van der Waals surface area contributed by atoms with E-state index < -0.39 is 18.5 Å². The first-order chi connectivity index (χ1) is 11.0. The summed E-state index contributed by atoms with van der Waals surface area (Å²) in [6, 6.07) is 1.52. The van der Waals surface area contributed by atoms with Gasteiger partial charge in [0.05, 0.1) is 5.69 Å². The van der Waals surface area contributed by atoms with Crippen molar-refractivity contribution in [3.63, 3.8) is 0 Å². The number of aromatic amines is 1. The molecule has 122 valence electrons. The van der Waals surface area contributed by atoms with Crippen LogP contribution in [0.25, 0.3) is 0 Å². The number of aromatic nitrogens is 3. The van der Waals surface area contributed by atoms with Crippen molar-refractivity contribution in [1.29, 1.82) is 0 Å². The summed E-state index contributed by atoms with van der Waals surface area (Å²) in [5, 5.41) is 21.5. The first-order valence-corrected chi connectivity index (χ1v) is 7.47. The molecule has 0 aliphatic rings. The Morgan fingerprint density at radius 3 is 2.87 bits per heavy atom. The highest BCUT2D eigenvalue weighted by molar-refractivity contribution is 7.15. The van der Waals surface area contributed by atoms with Gasteiger partial charge in [-0.15, -0.1) is 11.3 Å². The van der Waals surface area contributed by atoms with Gasteiger partial charge in [-0.25, -0.2) is 9.78 Å². The largest absolute Gasteiger partial charge is 0.479 e. The van der Waals surface area contributed by atoms with Crippen molar-refractivity contribution in [2.75, 3.05) is 11.9 Å². The van der Waals surface area contributed by atoms with E-state index in [0.29, 0.717) is 16.7 Å². The molecule has 2 rings (SSSR count). The van der Waals surface area contributed by atoms with E-state index in [1.54, 1.807) is 6.20 Å². The minimum atomic E-state index is -1.19. The van der Waals surface area contributed by atoms with Crippen LogP contribution >= 0.6 is 11.3 Å². The quantitative estimate of drug-likeness (QED) is 0.518. The highest BCUT2D eigenvalue weighted by atomic mass is 32.1. The Balaban J connectivity index is 2.14. The molecule has 2 aromatic rings. The van der Waals surface area contributed by atoms with Crippen LogP contribution in [0.5, 0.6) is 0 Å². The lowest BCUT2D eigenvalue weighted by Gasteiger charge is -2.04. The molecule has 0 aliphatic carbocycles. The van der Waals surface area contributed by atoms with Gasteiger partial charge in [0.1, 0.15) is 0 Å². The molecular weight excluding hydrogens is 322 g/mol. The summed E-state index contributed by atoms with van der Waals surface area (Å²) in [4.78, 5) is 32.6. The van der Waals surface area contributed by atoms with Crippen LogP contribution in [0.2, 0.25) is 0 Å². The summed E-state index contributed by atoms with van der Waals surface area (Å²) < 4.78 is 0. The molecule has 0 spiro atoms. The third-order valence-corrected chi connectivity index (χ3v) is 3.84. The number of rotatable bonds is 7. The number of carbonyl (C=O) groups excluding carboxylic acids is 1. The zero-order valence-electron chi connectivity index (χ0n) is 12.4. The number of thiazole rings is 1. The molecule has 0 unspecified atom stereocenters. The first kappa shape index (κ1) is 16.6. The molecule has 9 nitrogen and oxygen atoms in total. The predicted molar refractivity (Wildman–Crippen MR) is 83.5 cm³/mol. The van der Waals surface area contributed by atoms with E-state index in [-0.39, 0.29) is 5.71 Å². The third-order valence-electron chi connectivity index (χ3n) is 2.63. The van der Waals surface area contributed by atoms with Gasteiger partial charge in [-0.2, -0.15) is 5.10 Å². The lowest BCUT2D eigenvalue weighted by atomic mass is 10.2. The SMILES string of the molecule is CC(C)c1cnc(NC(=O)C(=NOCC(=O)O)c2ccn[nH]2)s1. The standard InChI is InChI=1S/C13H15N5O4S/c1-7(2)9-5-14-13(23-9)16-12(21)11(8-3-4-15-17-8)18-22-6-10(19)20/h3-5,7H,6H2,1-2H3,(H,15,17)(H,19,20)(H,14,16,21). The fourth-order valence-electron chi connectivity index (χ4n) is 1.52. The number of H-pyrrole nitrogens is 1. The molecule has 2 aromatic heterocycles. The van der Waals surface area contributed by atoms with Crippen molar-refractivity contribution in [3.05, 3.63) is 29.0 Å². The van der Waals surface area contributed by atoms with Gasteiger partial charge < -0.3 is 9.94 Å². The third kappa shape index (κ3) is 4.61. The smallest absolute Gasteiger partial charge is 0.344 e. The Kier molecular flexibility index (Phi) is 5.41. The Hall–Kier alpha value is -2.75. The number of carboxylic acid groups (broad SMARTS) is 1. The summed E-state index contributed by atoms with van der Waals surface area (Å²) in [5.74, 6) is -1.47. The second-order valence-corrected chi connectivity index (χ2v) is 5.82. The van der Waals surface area contributed by atoms with Crippen LogP contribution in [0.3, 0.4) is 0 Å². The van der Waals surface area contributed by atoms with E-state index in [9.17, 15) is 9.59 Å². The maximum absolute atomic E-state index is 12.3. The fraction of sp³-hybridized carbons (Fsp3) is 0.308. The molecule has 10 heteroatoms. The second-order valence-electron chi connectivity index (χ2n) is 4.75. The number of carboxylic acids is 1. The second kappa shape index (κ2) is 7.49. The summed E-state index contributed by atoms with van der Waals surface area (Å²) >= 11 is 1.35. The number of hydrogen-bond acceptors (Lipinski definition) is 7. The average molecular weight is 337 g/mol. The fourth-order valence-corrected chi connectivity index (χ4v) is 2.33. The highest BCUT2D eigenvalue weighted by Gasteiger charge is 2.19. The molecule has 1 amide bonds. The normalized spacial score (nSPS) is 11.5. The summed E-state index contributed by atoms with van der Waals surface area (Å²) in [6.45, 7) is 3.40. The van der Waals surface area contributed by atoms with Gasteiger partial charge in [0, 0.05) is 17.3 Å². The highest BCUT2D eigenvalue weighted by Crippen LogP contribution is 2.25.